The molecule has 0 bridgehead atoms. The van der Waals surface area contributed by atoms with Gasteiger partial charge in [0.25, 0.3) is 5.56 Å². The number of nitrogens with zero attached hydrogens (tertiary/aromatic N) is 3. The molecule has 23 heavy (non-hydrogen) atoms. The molecule has 0 aliphatic carbocycles. The van der Waals surface area contributed by atoms with Gasteiger partial charge in [-0.1, -0.05) is 23.7 Å². The average Bonchev–Trinajstić information content (AvgIpc) is 2.94. The summed E-state index contributed by atoms with van der Waals surface area (Å²) >= 11 is 6.62. The lowest BCUT2D eigenvalue weighted by molar-refractivity contribution is -0.141. The number of halogens is 4. The lowest BCUT2D eigenvalue weighted by Gasteiger charge is -2.06. The Bertz CT molecular complexity index is 948. The van der Waals surface area contributed by atoms with Crippen LogP contribution in [-0.4, -0.2) is 14.4 Å². The lowest BCUT2D eigenvalue weighted by atomic mass is 10.2. The molecule has 0 aliphatic heterocycles. The molecular weight excluding hydrogens is 351 g/mol. The SMILES string of the molecule is O=c1c(Cl)c(C=Cc2cccnc2)nc2scc(C(F)(F)F)n12. The largest absolute Gasteiger partial charge is 0.432 e. The first kappa shape index (κ1) is 15.7. The molecule has 0 radical (unpaired) electrons. The van der Waals surface area contributed by atoms with E-state index in [-0.39, 0.29) is 15.7 Å². The van der Waals surface area contributed by atoms with Crippen molar-refractivity contribution in [3.05, 3.63) is 62.2 Å². The minimum Gasteiger partial charge on any atom is -0.267 e. The molecule has 0 unspecified atom stereocenters. The number of rotatable bonds is 2. The van der Waals surface area contributed by atoms with Crippen molar-refractivity contribution in [1.29, 1.82) is 0 Å². The summed E-state index contributed by atoms with van der Waals surface area (Å²) in [6.45, 7) is 0. The molecule has 0 atom stereocenters. The van der Waals surface area contributed by atoms with Crippen molar-refractivity contribution >= 4 is 40.1 Å². The van der Waals surface area contributed by atoms with Gasteiger partial charge in [-0.25, -0.2) is 9.38 Å². The predicted octanol–water partition coefficient (Wildman–Crippen LogP) is 3.99. The molecule has 0 saturated carbocycles. The smallest absolute Gasteiger partial charge is 0.267 e. The highest BCUT2D eigenvalue weighted by Gasteiger charge is 2.35. The van der Waals surface area contributed by atoms with Crippen molar-refractivity contribution in [3.8, 4) is 0 Å². The van der Waals surface area contributed by atoms with Gasteiger partial charge < -0.3 is 0 Å². The van der Waals surface area contributed by atoms with Gasteiger partial charge in [0.15, 0.2) is 4.96 Å². The Morgan fingerprint density at radius 3 is 2.74 bits per heavy atom. The molecule has 0 fully saturated rings. The molecular formula is C14H7ClF3N3OS. The molecule has 3 heterocycles. The molecule has 0 N–H and O–H groups in total. The fourth-order valence-corrected chi connectivity index (χ4v) is 2.99. The summed E-state index contributed by atoms with van der Waals surface area (Å²) in [6, 6.07) is 3.50. The molecule has 0 spiro atoms. The zero-order valence-corrected chi connectivity index (χ0v) is 12.8. The van der Waals surface area contributed by atoms with Gasteiger partial charge in [-0.3, -0.25) is 9.78 Å². The van der Waals surface area contributed by atoms with Crippen LogP contribution in [0.4, 0.5) is 13.2 Å². The first-order valence-electron chi connectivity index (χ1n) is 6.23. The third-order valence-electron chi connectivity index (χ3n) is 2.95. The Morgan fingerprint density at radius 2 is 2.09 bits per heavy atom. The van der Waals surface area contributed by atoms with E-state index >= 15 is 0 Å². The molecule has 3 rings (SSSR count). The molecule has 0 amide bonds. The van der Waals surface area contributed by atoms with Crippen LogP contribution in [0.2, 0.25) is 5.02 Å². The molecule has 3 aromatic rings. The van der Waals surface area contributed by atoms with Crippen LogP contribution >= 0.6 is 22.9 Å². The quantitative estimate of drug-likeness (QED) is 0.696. The summed E-state index contributed by atoms with van der Waals surface area (Å²) in [6.07, 6.45) is 1.62. The van der Waals surface area contributed by atoms with E-state index in [0.717, 1.165) is 22.3 Å². The van der Waals surface area contributed by atoms with E-state index in [9.17, 15) is 18.0 Å². The zero-order chi connectivity index (χ0) is 16.6. The fourth-order valence-electron chi connectivity index (χ4n) is 1.90. The van der Waals surface area contributed by atoms with E-state index in [1.165, 1.54) is 6.08 Å². The minimum atomic E-state index is -4.65. The van der Waals surface area contributed by atoms with Gasteiger partial charge in [-0.05, 0) is 17.7 Å². The number of alkyl halides is 3. The summed E-state index contributed by atoms with van der Waals surface area (Å²) in [7, 11) is 0. The van der Waals surface area contributed by atoms with E-state index in [4.69, 9.17) is 11.6 Å². The van der Waals surface area contributed by atoms with Crippen molar-refractivity contribution < 1.29 is 13.2 Å². The highest BCUT2D eigenvalue weighted by atomic mass is 35.5. The van der Waals surface area contributed by atoms with Crippen LogP contribution in [0.1, 0.15) is 17.0 Å². The van der Waals surface area contributed by atoms with Crippen LogP contribution in [0, 0.1) is 0 Å². The Labute approximate surface area is 136 Å². The fraction of sp³-hybridized carbons (Fsp3) is 0.0714. The highest BCUT2D eigenvalue weighted by Crippen LogP contribution is 2.32. The van der Waals surface area contributed by atoms with E-state index < -0.39 is 17.4 Å². The van der Waals surface area contributed by atoms with Gasteiger partial charge in [0.1, 0.15) is 10.7 Å². The Morgan fingerprint density at radius 1 is 1.30 bits per heavy atom. The maximum Gasteiger partial charge on any atom is 0.432 e. The number of aromatic nitrogens is 3. The molecule has 4 nitrogen and oxygen atoms in total. The first-order valence-corrected chi connectivity index (χ1v) is 7.49. The number of fused-ring (bicyclic) bond motifs is 1. The topological polar surface area (TPSA) is 47.3 Å². The number of hydrogen-bond acceptors (Lipinski definition) is 4. The predicted molar refractivity (Wildman–Crippen MR) is 82.5 cm³/mol. The van der Waals surface area contributed by atoms with Crippen LogP contribution < -0.4 is 5.56 Å². The standard InChI is InChI=1S/C14H7ClF3N3OS/c15-11-9(4-3-8-2-1-5-19-6-8)20-13-21(12(11)22)10(7-23-13)14(16,17)18/h1-7H. The second kappa shape index (κ2) is 5.78. The zero-order valence-electron chi connectivity index (χ0n) is 11.2. The van der Waals surface area contributed by atoms with E-state index in [1.54, 1.807) is 30.6 Å². The van der Waals surface area contributed by atoms with Crippen molar-refractivity contribution in [3.63, 3.8) is 0 Å². The summed E-state index contributed by atoms with van der Waals surface area (Å²) in [4.78, 5) is 20.0. The third-order valence-corrected chi connectivity index (χ3v) is 4.13. The molecule has 0 aromatic carbocycles. The molecule has 9 heteroatoms. The molecule has 0 aliphatic rings. The molecule has 118 valence electrons. The average molecular weight is 358 g/mol. The van der Waals surface area contributed by atoms with Crippen molar-refractivity contribution in [2.75, 3.05) is 0 Å². The van der Waals surface area contributed by atoms with Gasteiger partial charge in [-0.15, -0.1) is 11.3 Å². The normalized spacial score (nSPS) is 12.3. The van der Waals surface area contributed by atoms with Gasteiger partial charge >= 0.3 is 6.18 Å². The van der Waals surface area contributed by atoms with Crippen molar-refractivity contribution in [2.24, 2.45) is 0 Å². The number of hydrogen-bond donors (Lipinski definition) is 0. The number of pyridine rings is 1. The summed E-state index contributed by atoms with van der Waals surface area (Å²) < 4.78 is 39.1. The third kappa shape index (κ3) is 2.99. The van der Waals surface area contributed by atoms with Gasteiger partial charge in [0.2, 0.25) is 0 Å². The van der Waals surface area contributed by atoms with Crippen LogP contribution in [0.25, 0.3) is 17.1 Å². The molecule has 3 aromatic heterocycles. The Hall–Kier alpha value is -2.19. The summed E-state index contributed by atoms with van der Waals surface area (Å²) in [5.74, 6) is 0. The first-order chi connectivity index (χ1) is 10.9. The maximum absolute atomic E-state index is 12.9. The van der Waals surface area contributed by atoms with Crippen LogP contribution in [-0.2, 0) is 6.18 Å². The van der Waals surface area contributed by atoms with Gasteiger partial charge in [-0.2, -0.15) is 13.2 Å². The molecule has 0 saturated heterocycles. The lowest BCUT2D eigenvalue weighted by Crippen LogP contribution is -2.21. The maximum atomic E-state index is 12.9. The highest BCUT2D eigenvalue weighted by molar-refractivity contribution is 7.15. The summed E-state index contributed by atoms with van der Waals surface area (Å²) in [5, 5.41) is 0.473. The van der Waals surface area contributed by atoms with Gasteiger partial charge in [0.05, 0.1) is 5.69 Å². The second-order valence-corrected chi connectivity index (χ2v) is 5.69. The number of thiazole rings is 1. The van der Waals surface area contributed by atoms with Crippen molar-refractivity contribution in [2.45, 2.75) is 6.18 Å². The Kier molecular flexibility index (Phi) is 3.95. The monoisotopic (exact) mass is 357 g/mol. The van der Waals surface area contributed by atoms with Crippen LogP contribution in [0.15, 0.2) is 34.7 Å². The van der Waals surface area contributed by atoms with Crippen LogP contribution in [0.5, 0.6) is 0 Å². The van der Waals surface area contributed by atoms with Gasteiger partial charge in [0, 0.05) is 17.8 Å². The summed E-state index contributed by atoms with van der Waals surface area (Å²) in [5.41, 5.74) is -1.18. The second-order valence-electron chi connectivity index (χ2n) is 4.47. The van der Waals surface area contributed by atoms with E-state index in [2.05, 4.69) is 9.97 Å². The Balaban J connectivity index is 2.13. The van der Waals surface area contributed by atoms with E-state index in [0.29, 0.717) is 4.40 Å². The minimum absolute atomic E-state index is 0.0717. The van der Waals surface area contributed by atoms with Crippen LogP contribution in [0.3, 0.4) is 0 Å². The van der Waals surface area contributed by atoms with E-state index in [1.807, 2.05) is 0 Å². The van der Waals surface area contributed by atoms with Crippen molar-refractivity contribution in [1.82, 2.24) is 14.4 Å².